The molecule has 1 aliphatic rings. The molecule has 0 saturated heterocycles. The van der Waals surface area contributed by atoms with Gasteiger partial charge in [-0.15, -0.1) is 12.4 Å². The van der Waals surface area contributed by atoms with Crippen LogP contribution in [-0.4, -0.2) is 12.5 Å². The molecule has 1 aliphatic heterocycles. The average molecular weight is 317 g/mol. The highest BCUT2D eigenvalue weighted by molar-refractivity contribution is 6.05. The lowest BCUT2D eigenvalue weighted by molar-refractivity contribution is 0.102. The zero-order valence-electron chi connectivity index (χ0n) is 13.1. The van der Waals surface area contributed by atoms with Gasteiger partial charge in [0, 0.05) is 23.5 Å². The number of fused-ring (bicyclic) bond motifs is 1. The SMILES string of the molecule is Cc1cc(C)c(NC(=O)c2ccc3c(c2)CCN3)c(C)c1.Cl. The number of nitrogens with one attached hydrogen (secondary N) is 2. The summed E-state index contributed by atoms with van der Waals surface area (Å²) in [7, 11) is 0. The number of hydrogen-bond acceptors (Lipinski definition) is 2. The van der Waals surface area contributed by atoms with Gasteiger partial charge in [0.25, 0.3) is 5.91 Å². The van der Waals surface area contributed by atoms with Crippen molar-refractivity contribution in [2.24, 2.45) is 0 Å². The van der Waals surface area contributed by atoms with E-state index in [0.717, 1.165) is 41.0 Å². The molecule has 22 heavy (non-hydrogen) atoms. The molecule has 0 radical (unpaired) electrons. The molecular formula is C18H21ClN2O. The number of benzene rings is 2. The first-order valence-corrected chi connectivity index (χ1v) is 7.30. The maximum absolute atomic E-state index is 12.5. The second kappa shape index (κ2) is 6.41. The highest BCUT2D eigenvalue weighted by atomic mass is 35.5. The lowest BCUT2D eigenvalue weighted by Crippen LogP contribution is -2.14. The molecule has 0 saturated carbocycles. The Kier molecular flexibility index (Phi) is 4.77. The Labute approximate surface area is 137 Å². The predicted molar refractivity (Wildman–Crippen MR) is 94.5 cm³/mol. The largest absolute Gasteiger partial charge is 0.384 e. The molecule has 4 heteroatoms. The number of carbonyl (C=O) groups excluding carboxylic acids is 1. The van der Waals surface area contributed by atoms with Crippen LogP contribution in [0.3, 0.4) is 0 Å². The third-order valence-corrected chi connectivity index (χ3v) is 3.99. The van der Waals surface area contributed by atoms with E-state index in [1.165, 1.54) is 11.1 Å². The molecule has 0 aliphatic carbocycles. The number of aryl methyl sites for hydroxylation is 3. The standard InChI is InChI=1S/C18H20N2O.ClH/c1-11-8-12(2)17(13(3)9-11)20-18(21)15-4-5-16-14(10-15)6-7-19-16;/h4-5,8-10,19H,6-7H2,1-3H3,(H,20,21);1H. The number of rotatable bonds is 2. The number of carbonyl (C=O) groups is 1. The van der Waals surface area contributed by atoms with Gasteiger partial charge < -0.3 is 10.6 Å². The summed E-state index contributed by atoms with van der Waals surface area (Å²) in [5.41, 5.74) is 7.43. The molecule has 116 valence electrons. The Hall–Kier alpha value is -2.00. The van der Waals surface area contributed by atoms with E-state index in [1.54, 1.807) is 0 Å². The summed E-state index contributed by atoms with van der Waals surface area (Å²) in [5.74, 6) is -0.0419. The highest BCUT2D eigenvalue weighted by Crippen LogP contribution is 2.25. The fraction of sp³-hybridized carbons (Fsp3) is 0.278. The van der Waals surface area contributed by atoms with Gasteiger partial charge in [0.2, 0.25) is 0 Å². The van der Waals surface area contributed by atoms with Gasteiger partial charge >= 0.3 is 0 Å². The molecule has 2 aromatic rings. The molecule has 0 spiro atoms. The second-order valence-electron chi connectivity index (χ2n) is 5.78. The first kappa shape index (κ1) is 16.4. The van der Waals surface area contributed by atoms with Gasteiger partial charge in [-0.3, -0.25) is 4.79 Å². The Morgan fingerprint density at radius 3 is 2.45 bits per heavy atom. The van der Waals surface area contributed by atoms with Crippen LogP contribution >= 0.6 is 12.4 Å². The Balaban J connectivity index is 0.00000176. The van der Waals surface area contributed by atoms with Crippen molar-refractivity contribution in [2.75, 3.05) is 17.2 Å². The van der Waals surface area contributed by atoms with Crippen LogP contribution in [0.5, 0.6) is 0 Å². The summed E-state index contributed by atoms with van der Waals surface area (Å²) in [5, 5.41) is 6.36. The van der Waals surface area contributed by atoms with Gasteiger partial charge in [-0.25, -0.2) is 0 Å². The molecule has 1 heterocycles. The van der Waals surface area contributed by atoms with E-state index in [4.69, 9.17) is 0 Å². The first-order chi connectivity index (χ1) is 10.0. The molecule has 2 N–H and O–H groups in total. The highest BCUT2D eigenvalue weighted by Gasteiger charge is 2.15. The van der Waals surface area contributed by atoms with Crippen LogP contribution in [0.4, 0.5) is 11.4 Å². The van der Waals surface area contributed by atoms with Crippen LogP contribution in [0.25, 0.3) is 0 Å². The normalized spacial score (nSPS) is 12.1. The van der Waals surface area contributed by atoms with E-state index in [0.29, 0.717) is 0 Å². The van der Waals surface area contributed by atoms with Crippen LogP contribution in [0.1, 0.15) is 32.6 Å². The number of hydrogen-bond donors (Lipinski definition) is 2. The molecule has 1 amide bonds. The third-order valence-electron chi connectivity index (χ3n) is 3.99. The summed E-state index contributed by atoms with van der Waals surface area (Å²) in [6.07, 6.45) is 0.985. The van der Waals surface area contributed by atoms with E-state index >= 15 is 0 Å². The fourth-order valence-electron chi connectivity index (χ4n) is 3.01. The fourth-order valence-corrected chi connectivity index (χ4v) is 3.01. The van der Waals surface area contributed by atoms with Crippen molar-refractivity contribution < 1.29 is 4.79 Å². The zero-order valence-corrected chi connectivity index (χ0v) is 13.9. The molecule has 0 bridgehead atoms. The van der Waals surface area contributed by atoms with E-state index in [9.17, 15) is 4.79 Å². The minimum atomic E-state index is -0.0419. The summed E-state index contributed by atoms with van der Waals surface area (Å²) in [6.45, 7) is 7.08. The van der Waals surface area contributed by atoms with Gasteiger partial charge in [0.05, 0.1) is 0 Å². The maximum atomic E-state index is 12.5. The van der Waals surface area contributed by atoms with Crippen molar-refractivity contribution in [3.8, 4) is 0 Å². The molecular weight excluding hydrogens is 296 g/mol. The monoisotopic (exact) mass is 316 g/mol. The molecule has 0 atom stereocenters. The number of anilines is 2. The van der Waals surface area contributed by atoms with Crippen molar-refractivity contribution in [3.05, 3.63) is 58.1 Å². The van der Waals surface area contributed by atoms with Crippen molar-refractivity contribution in [1.82, 2.24) is 0 Å². The van der Waals surface area contributed by atoms with Gasteiger partial charge in [0.15, 0.2) is 0 Å². The predicted octanol–water partition coefficient (Wildman–Crippen LogP) is 4.25. The number of halogens is 1. The number of amides is 1. The van der Waals surface area contributed by atoms with E-state index in [1.807, 2.05) is 32.0 Å². The van der Waals surface area contributed by atoms with Crippen LogP contribution in [0.2, 0.25) is 0 Å². The molecule has 0 unspecified atom stereocenters. The molecule has 2 aromatic carbocycles. The minimum absolute atomic E-state index is 0. The van der Waals surface area contributed by atoms with Crippen molar-refractivity contribution in [2.45, 2.75) is 27.2 Å². The van der Waals surface area contributed by atoms with Gasteiger partial charge in [-0.2, -0.15) is 0 Å². The van der Waals surface area contributed by atoms with Gasteiger partial charge in [0.1, 0.15) is 0 Å². The van der Waals surface area contributed by atoms with Gasteiger partial charge in [-0.1, -0.05) is 17.7 Å². The van der Waals surface area contributed by atoms with E-state index < -0.39 is 0 Å². The average Bonchev–Trinajstić information content (AvgIpc) is 2.89. The zero-order chi connectivity index (χ0) is 15.0. The summed E-state index contributed by atoms with van der Waals surface area (Å²) in [4.78, 5) is 12.5. The van der Waals surface area contributed by atoms with Crippen LogP contribution in [-0.2, 0) is 6.42 Å². The third kappa shape index (κ3) is 3.09. The molecule has 0 aromatic heterocycles. The Bertz CT molecular complexity index is 702. The van der Waals surface area contributed by atoms with E-state index in [2.05, 4.69) is 29.7 Å². The molecule has 3 nitrogen and oxygen atoms in total. The summed E-state index contributed by atoms with van der Waals surface area (Å²) in [6, 6.07) is 10.0. The van der Waals surface area contributed by atoms with Gasteiger partial charge in [-0.05, 0) is 62.1 Å². The van der Waals surface area contributed by atoms with Crippen LogP contribution in [0.15, 0.2) is 30.3 Å². The topological polar surface area (TPSA) is 41.1 Å². The summed E-state index contributed by atoms with van der Waals surface area (Å²) >= 11 is 0. The lowest BCUT2D eigenvalue weighted by atomic mass is 10.0. The summed E-state index contributed by atoms with van der Waals surface area (Å²) < 4.78 is 0. The van der Waals surface area contributed by atoms with Crippen molar-refractivity contribution in [1.29, 1.82) is 0 Å². The Morgan fingerprint density at radius 2 is 1.77 bits per heavy atom. The molecule has 3 rings (SSSR count). The van der Waals surface area contributed by atoms with Crippen LogP contribution in [0, 0.1) is 20.8 Å². The quantitative estimate of drug-likeness (QED) is 0.869. The smallest absolute Gasteiger partial charge is 0.255 e. The second-order valence-corrected chi connectivity index (χ2v) is 5.78. The van der Waals surface area contributed by atoms with Crippen molar-refractivity contribution >= 4 is 29.7 Å². The Morgan fingerprint density at radius 1 is 1.09 bits per heavy atom. The molecule has 0 fully saturated rings. The minimum Gasteiger partial charge on any atom is -0.384 e. The van der Waals surface area contributed by atoms with Crippen molar-refractivity contribution in [3.63, 3.8) is 0 Å². The lowest BCUT2D eigenvalue weighted by Gasteiger charge is -2.13. The maximum Gasteiger partial charge on any atom is 0.255 e. The first-order valence-electron chi connectivity index (χ1n) is 7.30. The van der Waals surface area contributed by atoms with E-state index in [-0.39, 0.29) is 18.3 Å². The van der Waals surface area contributed by atoms with Crippen LogP contribution < -0.4 is 10.6 Å².